The van der Waals surface area contributed by atoms with Gasteiger partial charge in [-0.05, 0) is 35.7 Å². The molecule has 1 heterocycles. The van der Waals surface area contributed by atoms with Gasteiger partial charge in [-0.1, -0.05) is 12.1 Å². The molecule has 6 heteroatoms. The van der Waals surface area contributed by atoms with Crippen LogP contribution < -0.4 is 5.73 Å². The zero-order valence-corrected chi connectivity index (χ0v) is 9.98. The van der Waals surface area contributed by atoms with Crippen molar-refractivity contribution in [2.75, 3.05) is 6.26 Å². The van der Waals surface area contributed by atoms with Gasteiger partial charge in [0.15, 0.2) is 5.82 Å². The van der Waals surface area contributed by atoms with Crippen molar-refractivity contribution in [1.82, 2.24) is 20.2 Å². The fourth-order valence-corrected chi connectivity index (χ4v) is 2.03. The summed E-state index contributed by atoms with van der Waals surface area (Å²) in [4.78, 5) is 1.12. The third kappa shape index (κ3) is 1.94. The molecule has 0 aliphatic carbocycles. The van der Waals surface area contributed by atoms with Crippen LogP contribution in [0.15, 0.2) is 29.2 Å². The first-order valence-corrected chi connectivity index (χ1v) is 6.13. The average Bonchev–Trinajstić information content (AvgIpc) is 2.77. The van der Waals surface area contributed by atoms with Gasteiger partial charge in [0.25, 0.3) is 0 Å². The molecule has 16 heavy (non-hydrogen) atoms. The van der Waals surface area contributed by atoms with Crippen molar-refractivity contribution in [3.63, 3.8) is 0 Å². The van der Waals surface area contributed by atoms with Crippen LogP contribution in [0.2, 0.25) is 0 Å². The van der Waals surface area contributed by atoms with Gasteiger partial charge in [-0.25, -0.2) is 0 Å². The van der Waals surface area contributed by atoms with Gasteiger partial charge < -0.3 is 5.73 Å². The number of aromatic nitrogens is 4. The second-order valence-electron chi connectivity index (χ2n) is 3.41. The Kier molecular flexibility index (Phi) is 3.21. The predicted octanol–water partition coefficient (Wildman–Crippen LogP) is 1.40. The summed E-state index contributed by atoms with van der Waals surface area (Å²) < 4.78 is 1.69. The third-order valence-electron chi connectivity index (χ3n) is 2.21. The summed E-state index contributed by atoms with van der Waals surface area (Å²) in [7, 11) is 0. The second kappa shape index (κ2) is 4.63. The normalized spacial score (nSPS) is 12.7. The minimum atomic E-state index is -0.190. The Bertz CT molecular complexity index is 480. The Morgan fingerprint density at radius 1 is 1.38 bits per heavy atom. The lowest BCUT2D eigenvalue weighted by Crippen LogP contribution is -2.13. The molecule has 0 bridgehead atoms. The van der Waals surface area contributed by atoms with Crippen molar-refractivity contribution in [3.8, 4) is 5.69 Å². The van der Waals surface area contributed by atoms with Crippen molar-refractivity contribution >= 4 is 11.8 Å². The standard InChI is InChI=1S/C10H13N5S/c1-7(11)10-12-13-14-15(10)8-5-3-4-6-9(8)16-2/h3-7H,11H2,1-2H3. The van der Waals surface area contributed by atoms with Gasteiger partial charge in [0, 0.05) is 4.90 Å². The summed E-state index contributed by atoms with van der Waals surface area (Å²) in [5, 5.41) is 11.6. The van der Waals surface area contributed by atoms with E-state index in [1.54, 1.807) is 16.4 Å². The fraction of sp³-hybridized carbons (Fsp3) is 0.300. The molecule has 0 saturated heterocycles. The van der Waals surface area contributed by atoms with E-state index in [0.29, 0.717) is 5.82 Å². The Balaban J connectivity index is 2.54. The van der Waals surface area contributed by atoms with Crippen molar-refractivity contribution in [1.29, 1.82) is 0 Å². The first kappa shape index (κ1) is 11.1. The van der Waals surface area contributed by atoms with E-state index >= 15 is 0 Å². The van der Waals surface area contributed by atoms with E-state index in [-0.39, 0.29) is 6.04 Å². The molecular weight excluding hydrogens is 222 g/mol. The molecule has 1 unspecified atom stereocenters. The van der Waals surface area contributed by atoms with E-state index in [0.717, 1.165) is 10.6 Å². The van der Waals surface area contributed by atoms with Gasteiger partial charge in [-0.3, -0.25) is 0 Å². The lowest BCUT2D eigenvalue weighted by molar-refractivity contribution is 0.683. The molecule has 0 amide bonds. The average molecular weight is 235 g/mol. The maximum absolute atomic E-state index is 5.82. The first-order valence-electron chi connectivity index (χ1n) is 4.91. The Morgan fingerprint density at radius 3 is 2.81 bits per heavy atom. The SMILES string of the molecule is CSc1ccccc1-n1nnnc1C(C)N. The lowest BCUT2D eigenvalue weighted by atomic mass is 10.3. The van der Waals surface area contributed by atoms with E-state index in [2.05, 4.69) is 15.5 Å². The molecule has 1 atom stereocenters. The van der Waals surface area contributed by atoms with Crippen molar-refractivity contribution in [2.24, 2.45) is 5.73 Å². The van der Waals surface area contributed by atoms with E-state index < -0.39 is 0 Å². The third-order valence-corrected chi connectivity index (χ3v) is 3.00. The summed E-state index contributed by atoms with van der Waals surface area (Å²) >= 11 is 1.66. The molecule has 2 N–H and O–H groups in total. The van der Waals surface area contributed by atoms with Crippen molar-refractivity contribution < 1.29 is 0 Å². The minimum Gasteiger partial charge on any atom is -0.321 e. The van der Waals surface area contributed by atoms with Crippen LogP contribution in [0.1, 0.15) is 18.8 Å². The quantitative estimate of drug-likeness (QED) is 0.814. The lowest BCUT2D eigenvalue weighted by Gasteiger charge is -2.09. The monoisotopic (exact) mass is 235 g/mol. The van der Waals surface area contributed by atoms with Crippen LogP contribution in [0.25, 0.3) is 5.69 Å². The highest BCUT2D eigenvalue weighted by Crippen LogP contribution is 2.24. The molecule has 0 aliphatic rings. The van der Waals surface area contributed by atoms with Crippen LogP contribution >= 0.6 is 11.8 Å². The minimum absolute atomic E-state index is 0.190. The number of tetrazole rings is 1. The molecule has 2 rings (SSSR count). The summed E-state index contributed by atoms with van der Waals surface area (Å²) in [5.74, 6) is 0.668. The van der Waals surface area contributed by atoms with Crippen molar-refractivity contribution in [3.05, 3.63) is 30.1 Å². The van der Waals surface area contributed by atoms with Crippen LogP contribution in [0.5, 0.6) is 0 Å². The van der Waals surface area contributed by atoms with Gasteiger partial charge >= 0.3 is 0 Å². The number of benzene rings is 1. The highest BCUT2D eigenvalue weighted by atomic mass is 32.2. The number of hydrogen-bond donors (Lipinski definition) is 1. The maximum atomic E-state index is 5.82. The van der Waals surface area contributed by atoms with Crippen LogP contribution in [-0.4, -0.2) is 26.5 Å². The Labute approximate surface area is 98.0 Å². The fourth-order valence-electron chi connectivity index (χ4n) is 1.45. The molecule has 0 aliphatic heterocycles. The molecule has 0 radical (unpaired) electrons. The van der Waals surface area contributed by atoms with E-state index in [4.69, 9.17) is 5.73 Å². The molecule has 0 fully saturated rings. The van der Waals surface area contributed by atoms with E-state index in [1.807, 2.05) is 37.4 Å². The molecule has 1 aromatic carbocycles. The van der Waals surface area contributed by atoms with Crippen LogP contribution in [0.3, 0.4) is 0 Å². The highest BCUT2D eigenvalue weighted by molar-refractivity contribution is 7.98. The van der Waals surface area contributed by atoms with Crippen LogP contribution in [-0.2, 0) is 0 Å². The largest absolute Gasteiger partial charge is 0.321 e. The Hall–Kier alpha value is -1.40. The van der Waals surface area contributed by atoms with Crippen LogP contribution in [0, 0.1) is 0 Å². The Morgan fingerprint density at radius 2 is 2.12 bits per heavy atom. The van der Waals surface area contributed by atoms with Gasteiger partial charge in [0.05, 0.1) is 11.7 Å². The summed E-state index contributed by atoms with van der Waals surface area (Å²) in [5.41, 5.74) is 6.78. The number of nitrogens with zero attached hydrogens (tertiary/aromatic N) is 4. The topological polar surface area (TPSA) is 69.6 Å². The van der Waals surface area contributed by atoms with Gasteiger partial charge in [-0.2, -0.15) is 4.68 Å². The highest BCUT2D eigenvalue weighted by Gasteiger charge is 2.14. The number of hydrogen-bond acceptors (Lipinski definition) is 5. The summed E-state index contributed by atoms with van der Waals surface area (Å²) in [6, 6.07) is 7.78. The van der Waals surface area contributed by atoms with E-state index in [1.165, 1.54) is 0 Å². The maximum Gasteiger partial charge on any atom is 0.173 e. The molecule has 2 aromatic rings. The van der Waals surface area contributed by atoms with Crippen molar-refractivity contribution in [2.45, 2.75) is 17.9 Å². The summed E-state index contributed by atoms with van der Waals surface area (Å²) in [6.07, 6.45) is 2.02. The number of rotatable bonds is 3. The second-order valence-corrected chi connectivity index (χ2v) is 4.26. The molecular formula is C10H13N5S. The van der Waals surface area contributed by atoms with Crippen LogP contribution in [0.4, 0.5) is 0 Å². The molecule has 0 saturated carbocycles. The number of para-hydroxylation sites is 1. The molecule has 1 aromatic heterocycles. The number of nitrogens with two attached hydrogens (primary N) is 1. The molecule has 84 valence electrons. The first-order chi connectivity index (χ1) is 7.74. The smallest absolute Gasteiger partial charge is 0.173 e. The molecule has 0 spiro atoms. The van der Waals surface area contributed by atoms with E-state index in [9.17, 15) is 0 Å². The van der Waals surface area contributed by atoms with Gasteiger partial charge in [-0.15, -0.1) is 16.9 Å². The zero-order valence-electron chi connectivity index (χ0n) is 9.16. The predicted molar refractivity (Wildman–Crippen MR) is 63.5 cm³/mol. The van der Waals surface area contributed by atoms with Gasteiger partial charge in [0.1, 0.15) is 0 Å². The summed E-state index contributed by atoms with van der Waals surface area (Å²) in [6.45, 7) is 1.86. The molecule has 5 nitrogen and oxygen atoms in total. The number of thioether (sulfide) groups is 1. The van der Waals surface area contributed by atoms with Gasteiger partial charge in [0.2, 0.25) is 0 Å². The zero-order chi connectivity index (χ0) is 11.5.